The summed E-state index contributed by atoms with van der Waals surface area (Å²) < 4.78 is 5.46. The lowest BCUT2D eigenvalue weighted by atomic mass is 9.87. The number of carbonyl (C=O) groups excluding carboxylic acids is 1. The molecule has 0 aliphatic carbocycles. The molecule has 3 fully saturated rings. The summed E-state index contributed by atoms with van der Waals surface area (Å²) in [5.41, 5.74) is 7.11. The summed E-state index contributed by atoms with van der Waals surface area (Å²) in [5, 5.41) is 9.48. The standard InChI is InChI=1S/C29H37N5O2.C2H6/c1-21-6-4-5-7-27(21)34-23(3)22(2)25-10-13-33(28(35)20-31-14-16-36-17-15-31)19-26(25)29(34)32-11-8-24(18-30)9-12-32;1-2/h4-7,24H,3,8-17,19-20H2,1-2H3;1-2H3. The van der Waals surface area contributed by atoms with Crippen molar-refractivity contribution in [3.63, 3.8) is 0 Å². The summed E-state index contributed by atoms with van der Waals surface area (Å²) in [5.74, 6) is 1.45. The van der Waals surface area contributed by atoms with E-state index in [0.717, 1.165) is 69.2 Å². The molecule has 1 amide bonds. The Balaban J connectivity index is 0.00000164. The molecular formula is C31H43N5O2. The first-order chi connectivity index (χ1) is 18.5. The molecule has 0 bridgehead atoms. The number of nitrogens with zero attached hydrogens (tertiary/aromatic N) is 5. The van der Waals surface area contributed by atoms with Gasteiger partial charge in [0.15, 0.2) is 0 Å². The van der Waals surface area contributed by atoms with E-state index in [1.807, 2.05) is 18.7 Å². The van der Waals surface area contributed by atoms with E-state index in [9.17, 15) is 10.1 Å². The summed E-state index contributed by atoms with van der Waals surface area (Å²) in [6, 6.07) is 10.9. The van der Waals surface area contributed by atoms with E-state index < -0.39 is 0 Å². The summed E-state index contributed by atoms with van der Waals surface area (Å²) in [6.45, 7) is 19.3. The Morgan fingerprint density at radius 1 is 1.05 bits per heavy atom. The van der Waals surface area contributed by atoms with Gasteiger partial charge < -0.3 is 14.5 Å². The van der Waals surface area contributed by atoms with Crippen LogP contribution in [0.4, 0.5) is 5.69 Å². The van der Waals surface area contributed by atoms with Crippen LogP contribution >= 0.6 is 0 Å². The minimum Gasteiger partial charge on any atom is -0.379 e. The van der Waals surface area contributed by atoms with Crippen LogP contribution in [0.3, 0.4) is 0 Å². The lowest BCUT2D eigenvalue weighted by molar-refractivity contribution is -0.133. The highest BCUT2D eigenvalue weighted by Gasteiger charge is 2.38. The maximum absolute atomic E-state index is 13.4. The molecule has 4 heterocycles. The molecule has 1 aromatic rings. The molecular weight excluding hydrogens is 474 g/mol. The summed E-state index contributed by atoms with van der Waals surface area (Å²) in [7, 11) is 0. The third-order valence-corrected chi connectivity index (χ3v) is 8.13. The number of amides is 1. The molecule has 7 nitrogen and oxygen atoms in total. The first-order valence-electron chi connectivity index (χ1n) is 14.2. The minimum atomic E-state index is 0.111. The van der Waals surface area contributed by atoms with Gasteiger partial charge in [-0.1, -0.05) is 38.6 Å². The number of carbonyl (C=O) groups is 1. The Morgan fingerprint density at radius 2 is 1.74 bits per heavy atom. The van der Waals surface area contributed by atoms with Crippen molar-refractivity contribution < 1.29 is 9.53 Å². The van der Waals surface area contributed by atoms with Gasteiger partial charge in [0.05, 0.1) is 31.5 Å². The van der Waals surface area contributed by atoms with Crippen molar-refractivity contribution in [2.45, 2.75) is 47.0 Å². The van der Waals surface area contributed by atoms with Crippen molar-refractivity contribution in [1.29, 1.82) is 5.26 Å². The number of ether oxygens (including phenoxy) is 1. The number of nitriles is 1. The van der Waals surface area contributed by atoms with E-state index in [0.29, 0.717) is 26.3 Å². The van der Waals surface area contributed by atoms with Crippen LogP contribution in [0.15, 0.2) is 59.1 Å². The number of hydrogen-bond acceptors (Lipinski definition) is 6. The monoisotopic (exact) mass is 517 g/mol. The van der Waals surface area contributed by atoms with Crippen molar-refractivity contribution in [2.75, 3.05) is 63.9 Å². The first kappa shape index (κ1) is 27.9. The highest BCUT2D eigenvalue weighted by molar-refractivity contribution is 5.80. The molecule has 4 aliphatic rings. The van der Waals surface area contributed by atoms with E-state index in [2.05, 4.69) is 65.5 Å². The molecule has 0 radical (unpaired) electrons. The second-order valence-corrected chi connectivity index (χ2v) is 10.3. The van der Waals surface area contributed by atoms with E-state index in [1.165, 1.54) is 22.3 Å². The van der Waals surface area contributed by atoms with Crippen molar-refractivity contribution >= 4 is 11.6 Å². The van der Waals surface area contributed by atoms with Gasteiger partial charge >= 0.3 is 0 Å². The molecule has 38 heavy (non-hydrogen) atoms. The molecule has 0 spiro atoms. The summed E-state index contributed by atoms with van der Waals surface area (Å²) in [6.07, 6.45) is 2.56. The largest absolute Gasteiger partial charge is 0.379 e. The highest BCUT2D eigenvalue weighted by Crippen LogP contribution is 2.43. The Bertz CT molecular complexity index is 1130. The van der Waals surface area contributed by atoms with Crippen LogP contribution < -0.4 is 4.90 Å². The summed E-state index contributed by atoms with van der Waals surface area (Å²) in [4.78, 5) is 22.4. The molecule has 0 N–H and O–H groups in total. The number of rotatable bonds is 4. The summed E-state index contributed by atoms with van der Waals surface area (Å²) >= 11 is 0. The number of aryl methyl sites for hydroxylation is 1. The maximum atomic E-state index is 13.4. The zero-order valence-electron chi connectivity index (χ0n) is 23.6. The number of anilines is 1. The predicted octanol–water partition coefficient (Wildman–Crippen LogP) is 4.68. The van der Waals surface area contributed by atoms with Gasteiger partial charge in [-0.25, -0.2) is 0 Å². The smallest absolute Gasteiger partial charge is 0.237 e. The fourth-order valence-electron chi connectivity index (χ4n) is 5.88. The molecule has 1 aromatic carbocycles. The van der Waals surface area contributed by atoms with Crippen LogP contribution in [0.2, 0.25) is 0 Å². The molecule has 204 valence electrons. The van der Waals surface area contributed by atoms with Gasteiger partial charge in [-0.2, -0.15) is 5.26 Å². The van der Waals surface area contributed by atoms with Gasteiger partial charge in [-0.3, -0.25) is 14.6 Å². The molecule has 3 saturated heterocycles. The number of hydrogen-bond donors (Lipinski definition) is 0. The van der Waals surface area contributed by atoms with E-state index in [4.69, 9.17) is 4.74 Å². The average Bonchev–Trinajstić information content (AvgIpc) is 2.97. The fraction of sp³-hybridized carbons (Fsp3) is 0.548. The number of allylic oxidation sites excluding steroid dienone is 1. The van der Waals surface area contributed by atoms with Gasteiger partial charge in [-0.15, -0.1) is 0 Å². The second kappa shape index (κ2) is 12.6. The molecule has 0 aromatic heterocycles. The third kappa shape index (κ3) is 5.67. The highest BCUT2D eigenvalue weighted by atomic mass is 16.5. The van der Waals surface area contributed by atoms with Crippen LogP contribution in [0.5, 0.6) is 0 Å². The van der Waals surface area contributed by atoms with Gasteiger partial charge in [0.1, 0.15) is 5.82 Å². The first-order valence-corrected chi connectivity index (χ1v) is 14.2. The van der Waals surface area contributed by atoms with E-state index in [1.54, 1.807) is 0 Å². The van der Waals surface area contributed by atoms with Crippen molar-refractivity contribution in [2.24, 2.45) is 5.92 Å². The number of para-hydroxylation sites is 1. The SMILES string of the molecule is C=C1C(C)=C2CCN(C(=O)CN3CCOCC3)CC2=C(N2CCC(C#N)CC2)N1c1ccccc1C.CC. The minimum absolute atomic E-state index is 0.111. The second-order valence-electron chi connectivity index (χ2n) is 10.3. The number of benzene rings is 1. The number of fused-ring (bicyclic) bond motifs is 1. The molecule has 4 aliphatic heterocycles. The average molecular weight is 518 g/mol. The van der Waals surface area contributed by atoms with Gasteiger partial charge in [0.25, 0.3) is 0 Å². The number of morpholine rings is 1. The quantitative estimate of drug-likeness (QED) is 0.578. The van der Waals surface area contributed by atoms with Crippen molar-refractivity contribution in [3.8, 4) is 6.07 Å². The molecule has 0 atom stereocenters. The van der Waals surface area contributed by atoms with Gasteiger partial charge in [-0.05, 0) is 55.9 Å². The van der Waals surface area contributed by atoms with Crippen LogP contribution in [0.1, 0.15) is 45.6 Å². The maximum Gasteiger partial charge on any atom is 0.237 e. The zero-order chi connectivity index (χ0) is 27.2. The zero-order valence-corrected chi connectivity index (χ0v) is 23.6. The van der Waals surface area contributed by atoms with E-state index >= 15 is 0 Å². The number of likely N-dealkylation sites (tertiary alicyclic amines) is 2. The predicted molar refractivity (Wildman–Crippen MR) is 152 cm³/mol. The Kier molecular flexibility index (Phi) is 9.30. The van der Waals surface area contributed by atoms with Crippen LogP contribution in [-0.4, -0.2) is 79.6 Å². The van der Waals surface area contributed by atoms with Crippen LogP contribution in [-0.2, 0) is 9.53 Å². The fourth-order valence-corrected chi connectivity index (χ4v) is 5.88. The molecule has 0 unspecified atom stereocenters. The Morgan fingerprint density at radius 3 is 2.39 bits per heavy atom. The normalized spacial score (nSPS) is 21.1. The lowest BCUT2D eigenvalue weighted by Gasteiger charge is -2.47. The van der Waals surface area contributed by atoms with Crippen molar-refractivity contribution in [3.05, 3.63) is 64.6 Å². The van der Waals surface area contributed by atoms with Crippen LogP contribution in [0.25, 0.3) is 0 Å². The molecule has 5 rings (SSSR count). The van der Waals surface area contributed by atoms with Crippen molar-refractivity contribution in [1.82, 2.24) is 14.7 Å². The molecule has 7 heteroatoms. The third-order valence-electron chi connectivity index (χ3n) is 8.13. The lowest BCUT2D eigenvalue weighted by Crippen LogP contribution is -2.49. The molecule has 0 saturated carbocycles. The van der Waals surface area contributed by atoms with Gasteiger partial charge in [0, 0.05) is 56.5 Å². The number of piperidine rings is 2. The van der Waals surface area contributed by atoms with E-state index in [-0.39, 0.29) is 11.8 Å². The Hall–Kier alpha value is -3.08. The Labute approximate surface area is 228 Å². The van der Waals surface area contributed by atoms with Gasteiger partial charge in [0.2, 0.25) is 5.91 Å². The topological polar surface area (TPSA) is 63.1 Å². The van der Waals surface area contributed by atoms with Crippen LogP contribution in [0, 0.1) is 24.2 Å².